The van der Waals surface area contributed by atoms with Gasteiger partial charge in [-0.15, -0.1) is 16.8 Å². The zero-order valence-electron chi connectivity index (χ0n) is 17.6. The molecular weight excluding hydrogens is 414 g/mol. The normalized spacial score (nSPS) is 10.5. The fourth-order valence-corrected chi connectivity index (χ4v) is 3.74. The average molecular weight is 440 g/mol. The molecule has 31 heavy (non-hydrogen) atoms. The van der Waals surface area contributed by atoms with Crippen LogP contribution in [-0.2, 0) is 17.8 Å². The molecule has 0 saturated carbocycles. The largest absolute Gasteiger partial charge is 0.493 e. The van der Waals surface area contributed by atoms with Crippen LogP contribution >= 0.6 is 11.8 Å². The Kier molecular flexibility index (Phi) is 8.05. The van der Waals surface area contributed by atoms with Crippen molar-refractivity contribution >= 4 is 17.7 Å². The molecule has 0 bridgehead atoms. The number of thioether (sulfide) groups is 1. The monoisotopic (exact) mass is 439 g/mol. The maximum absolute atomic E-state index is 12.3. The molecule has 2 aromatic heterocycles. The number of hydrogen-bond donors (Lipinski definition) is 1. The first-order valence-electron chi connectivity index (χ1n) is 9.71. The molecule has 0 radical (unpaired) electrons. The Balaban J connectivity index is 1.54. The van der Waals surface area contributed by atoms with E-state index in [1.807, 2.05) is 34.9 Å². The van der Waals surface area contributed by atoms with Crippen LogP contribution in [0.3, 0.4) is 0 Å². The van der Waals surface area contributed by atoms with Crippen LogP contribution in [0.25, 0.3) is 11.4 Å². The fourth-order valence-electron chi connectivity index (χ4n) is 2.96. The Morgan fingerprint density at radius 1 is 1.23 bits per heavy atom. The van der Waals surface area contributed by atoms with Gasteiger partial charge in [-0.25, -0.2) is 0 Å². The highest BCUT2D eigenvalue weighted by atomic mass is 32.2. The van der Waals surface area contributed by atoms with Crippen molar-refractivity contribution in [2.45, 2.75) is 18.1 Å². The molecule has 9 heteroatoms. The van der Waals surface area contributed by atoms with Crippen LogP contribution in [0, 0.1) is 0 Å². The minimum Gasteiger partial charge on any atom is -0.493 e. The quantitative estimate of drug-likeness (QED) is 0.363. The van der Waals surface area contributed by atoms with Gasteiger partial charge < -0.3 is 14.8 Å². The van der Waals surface area contributed by atoms with Crippen LogP contribution in [-0.4, -0.2) is 52.2 Å². The van der Waals surface area contributed by atoms with Crippen molar-refractivity contribution in [2.24, 2.45) is 0 Å². The van der Waals surface area contributed by atoms with Gasteiger partial charge in [-0.3, -0.25) is 14.3 Å². The maximum Gasteiger partial charge on any atom is 0.230 e. The number of rotatable bonds is 11. The molecule has 0 fully saturated rings. The Labute approximate surface area is 185 Å². The molecule has 162 valence electrons. The Bertz CT molecular complexity index is 1020. The summed E-state index contributed by atoms with van der Waals surface area (Å²) >= 11 is 1.34. The Hall–Kier alpha value is -3.33. The van der Waals surface area contributed by atoms with Crippen molar-refractivity contribution in [3.8, 4) is 22.9 Å². The van der Waals surface area contributed by atoms with E-state index in [0.29, 0.717) is 42.0 Å². The lowest BCUT2D eigenvalue weighted by Crippen LogP contribution is -2.27. The van der Waals surface area contributed by atoms with Crippen LogP contribution in [0.1, 0.15) is 5.56 Å². The minimum absolute atomic E-state index is 0.0680. The van der Waals surface area contributed by atoms with Crippen LogP contribution < -0.4 is 14.8 Å². The van der Waals surface area contributed by atoms with E-state index in [1.165, 1.54) is 11.8 Å². The molecule has 3 rings (SSSR count). The average Bonchev–Trinajstić information content (AvgIpc) is 3.21. The molecule has 0 unspecified atom stereocenters. The zero-order valence-corrected chi connectivity index (χ0v) is 18.4. The number of nitrogens with one attached hydrogen (secondary N) is 1. The summed E-state index contributed by atoms with van der Waals surface area (Å²) in [6.07, 6.45) is 5.91. The Morgan fingerprint density at radius 2 is 2.06 bits per heavy atom. The molecule has 0 aliphatic rings. The highest BCUT2D eigenvalue weighted by molar-refractivity contribution is 7.99. The van der Waals surface area contributed by atoms with E-state index in [9.17, 15) is 4.79 Å². The predicted octanol–water partition coefficient (Wildman–Crippen LogP) is 2.99. The lowest BCUT2D eigenvalue weighted by atomic mass is 10.1. The van der Waals surface area contributed by atoms with E-state index in [4.69, 9.17) is 9.47 Å². The van der Waals surface area contributed by atoms with Crippen molar-refractivity contribution in [3.05, 3.63) is 60.9 Å². The van der Waals surface area contributed by atoms with E-state index in [2.05, 4.69) is 27.1 Å². The van der Waals surface area contributed by atoms with Gasteiger partial charge in [0.25, 0.3) is 0 Å². The van der Waals surface area contributed by atoms with Crippen LogP contribution in [0.15, 0.2) is 60.5 Å². The number of allylic oxidation sites excluding steroid dienone is 1. The second kappa shape index (κ2) is 11.2. The first-order valence-corrected chi connectivity index (χ1v) is 10.7. The van der Waals surface area contributed by atoms with Crippen molar-refractivity contribution in [2.75, 3.05) is 26.5 Å². The zero-order chi connectivity index (χ0) is 22.1. The third-order valence-electron chi connectivity index (χ3n) is 4.46. The summed E-state index contributed by atoms with van der Waals surface area (Å²) in [7, 11) is 3.20. The summed E-state index contributed by atoms with van der Waals surface area (Å²) in [5.74, 6) is 2.23. The molecule has 1 aromatic carbocycles. The number of methoxy groups -OCH3 is 2. The molecule has 8 nitrogen and oxygen atoms in total. The van der Waals surface area contributed by atoms with E-state index in [0.717, 1.165) is 11.1 Å². The number of ether oxygens (including phenoxy) is 2. The van der Waals surface area contributed by atoms with Gasteiger partial charge in [0.05, 0.1) is 20.0 Å². The highest BCUT2D eigenvalue weighted by Gasteiger charge is 2.15. The number of nitrogens with zero attached hydrogens (tertiary/aromatic N) is 4. The lowest BCUT2D eigenvalue weighted by Gasteiger charge is -2.10. The van der Waals surface area contributed by atoms with E-state index < -0.39 is 0 Å². The molecule has 0 aliphatic heterocycles. The van der Waals surface area contributed by atoms with E-state index in [1.54, 1.807) is 32.7 Å². The van der Waals surface area contributed by atoms with Crippen LogP contribution in [0.2, 0.25) is 0 Å². The molecule has 1 amide bonds. The third kappa shape index (κ3) is 5.85. The smallest absolute Gasteiger partial charge is 0.230 e. The molecule has 0 aliphatic carbocycles. The van der Waals surface area contributed by atoms with Gasteiger partial charge in [0.15, 0.2) is 22.5 Å². The fraction of sp³-hybridized carbons (Fsp3) is 0.273. The molecular formula is C22H25N5O3S. The summed E-state index contributed by atoms with van der Waals surface area (Å²) in [5, 5.41) is 12.1. The predicted molar refractivity (Wildman–Crippen MR) is 120 cm³/mol. The van der Waals surface area contributed by atoms with Crippen molar-refractivity contribution in [1.29, 1.82) is 0 Å². The van der Waals surface area contributed by atoms with Crippen LogP contribution in [0.4, 0.5) is 0 Å². The van der Waals surface area contributed by atoms with E-state index in [-0.39, 0.29) is 11.7 Å². The second-order valence-corrected chi connectivity index (χ2v) is 7.47. The molecule has 3 aromatic rings. The second-order valence-electron chi connectivity index (χ2n) is 6.53. The van der Waals surface area contributed by atoms with Crippen molar-refractivity contribution < 1.29 is 14.3 Å². The molecule has 0 spiro atoms. The van der Waals surface area contributed by atoms with Gasteiger partial charge in [-0.2, -0.15) is 0 Å². The maximum atomic E-state index is 12.3. The summed E-state index contributed by atoms with van der Waals surface area (Å²) in [6.45, 7) is 4.87. The van der Waals surface area contributed by atoms with Crippen molar-refractivity contribution in [1.82, 2.24) is 25.1 Å². The van der Waals surface area contributed by atoms with Crippen LogP contribution in [0.5, 0.6) is 11.5 Å². The van der Waals surface area contributed by atoms with Gasteiger partial charge in [-0.1, -0.05) is 23.9 Å². The molecule has 1 N–H and O–H groups in total. The van der Waals surface area contributed by atoms with Gasteiger partial charge in [-0.05, 0) is 36.2 Å². The number of pyridine rings is 1. The summed E-state index contributed by atoms with van der Waals surface area (Å²) in [4.78, 5) is 16.4. The Morgan fingerprint density at radius 3 is 2.77 bits per heavy atom. The highest BCUT2D eigenvalue weighted by Crippen LogP contribution is 2.27. The molecule has 0 atom stereocenters. The minimum atomic E-state index is -0.0680. The van der Waals surface area contributed by atoms with Gasteiger partial charge >= 0.3 is 0 Å². The SMILES string of the molecule is C=CCn1c(SCC(=O)NCCc2ccc(OC)c(OC)c2)nnc1-c1cccnc1. The van der Waals surface area contributed by atoms with Gasteiger partial charge in [0, 0.05) is 31.0 Å². The summed E-state index contributed by atoms with van der Waals surface area (Å²) in [5.41, 5.74) is 1.92. The lowest BCUT2D eigenvalue weighted by molar-refractivity contribution is -0.118. The van der Waals surface area contributed by atoms with Gasteiger partial charge in [0.2, 0.25) is 5.91 Å². The number of benzene rings is 1. The van der Waals surface area contributed by atoms with Crippen molar-refractivity contribution in [3.63, 3.8) is 0 Å². The van der Waals surface area contributed by atoms with Gasteiger partial charge in [0.1, 0.15) is 0 Å². The summed E-state index contributed by atoms with van der Waals surface area (Å²) < 4.78 is 12.5. The first-order chi connectivity index (χ1) is 15.2. The topological polar surface area (TPSA) is 91.2 Å². The number of carbonyl (C=O) groups is 1. The molecule has 2 heterocycles. The first kappa shape index (κ1) is 22.4. The third-order valence-corrected chi connectivity index (χ3v) is 5.43. The van der Waals surface area contributed by atoms with E-state index >= 15 is 0 Å². The standard InChI is InChI=1S/C22H25N5O3S/c1-4-12-27-21(17-6-5-10-23-14-17)25-26-22(27)31-15-20(28)24-11-9-16-7-8-18(29-2)19(13-16)30-3/h4-8,10,13-14H,1,9,11-12,15H2,2-3H3,(H,24,28). The summed E-state index contributed by atoms with van der Waals surface area (Å²) in [6, 6.07) is 9.50. The number of amides is 1. The number of hydrogen-bond acceptors (Lipinski definition) is 7. The molecule has 0 saturated heterocycles. The number of aromatic nitrogens is 4. The number of carbonyl (C=O) groups excluding carboxylic acids is 1.